The van der Waals surface area contributed by atoms with Gasteiger partial charge in [0.15, 0.2) is 0 Å². The van der Waals surface area contributed by atoms with Crippen LogP contribution in [0.2, 0.25) is 5.02 Å². The van der Waals surface area contributed by atoms with Crippen LogP contribution in [0.4, 0.5) is 13.2 Å². The number of hydrogen-bond acceptors (Lipinski definition) is 4. The number of rotatable bonds is 4. The van der Waals surface area contributed by atoms with Gasteiger partial charge in [-0.2, -0.15) is 13.2 Å². The van der Waals surface area contributed by atoms with Crippen molar-refractivity contribution < 1.29 is 32.2 Å². The molecule has 1 aliphatic heterocycles. The summed E-state index contributed by atoms with van der Waals surface area (Å²) in [7, 11) is 1.25. The maximum Gasteiger partial charge on any atom is 0.417 e. The van der Waals surface area contributed by atoms with Gasteiger partial charge in [0.25, 0.3) is 5.91 Å². The van der Waals surface area contributed by atoms with Crippen LogP contribution in [0, 0.1) is 0 Å². The summed E-state index contributed by atoms with van der Waals surface area (Å²) in [5.41, 5.74) is -0.549. The topological polar surface area (TPSA) is 64.6 Å². The molecule has 0 aliphatic carbocycles. The lowest BCUT2D eigenvalue weighted by molar-refractivity contribution is -0.137. The molecule has 9 heteroatoms. The summed E-state index contributed by atoms with van der Waals surface area (Å²) < 4.78 is 49.5. The highest BCUT2D eigenvalue weighted by Crippen LogP contribution is 2.37. The Labute approximate surface area is 163 Å². The smallest absolute Gasteiger partial charge is 0.417 e. The molecule has 0 bridgehead atoms. The fraction of sp³-hybridized carbons (Fsp3) is 0.263. The van der Waals surface area contributed by atoms with Gasteiger partial charge in [-0.05, 0) is 24.3 Å². The van der Waals surface area contributed by atoms with Crippen LogP contribution in [0.5, 0.6) is 5.75 Å². The van der Waals surface area contributed by atoms with Gasteiger partial charge >= 0.3 is 12.1 Å². The van der Waals surface area contributed by atoms with Gasteiger partial charge in [-0.1, -0.05) is 23.7 Å². The largest absolute Gasteiger partial charge is 0.486 e. The molecule has 0 aromatic heterocycles. The Kier molecular flexibility index (Phi) is 5.51. The number of carbonyl (C=O) groups is 2. The third kappa shape index (κ3) is 4.06. The first kappa shape index (κ1) is 20.0. The molecular weight excluding hydrogens is 399 g/mol. The van der Waals surface area contributed by atoms with E-state index >= 15 is 0 Å². The minimum absolute atomic E-state index is 0.0242. The van der Waals surface area contributed by atoms with Crippen LogP contribution in [-0.2, 0) is 17.3 Å². The second-order valence-electron chi connectivity index (χ2n) is 6.14. The highest BCUT2D eigenvalue weighted by Gasteiger charge is 2.35. The fourth-order valence-electron chi connectivity index (χ4n) is 2.97. The molecule has 2 aromatic carbocycles. The third-order valence-electron chi connectivity index (χ3n) is 4.24. The van der Waals surface area contributed by atoms with Gasteiger partial charge in [0.05, 0.1) is 35.4 Å². The van der Waals surface area contributed by atoms with Crippen LogP contribution >= 0.6 is 11.6 Å². The zero-order valence-corrected chi connectivity index (χ0v) is 15.4. The Hall–Kier alpha value is -2.74. The van der Waals surface area contributed by atoms with E-state index in [0.29, 0.717) is 17.7 Å². The van der Waals surface area contributed by atoms with Gasteiger partial charge < -0.3 is 14.8 Å². The molecule has 0 unspecified atom stereocenters. The van der Waals surface area contributed by atoms with Crippen molar-refractivity contribution in [1.29, 1.82) is 0 Å². The highest BCUT2D eigenvalue weighted by molar-refractivity contribution is 6.32. The van der Waals surface area contributed by atoms with Crippen molar-refractivity contribution >= 4 is 23.5 Å². The van der Waals surface area contributed by atoms with Crippen LogP contribution < -0.4 is 10.1 Å². The number of alkyl halides is 3. The molecule has 2 aromatic rings. The number of halogens is 4. The predicted molar refractivity (Wildman–Crippen MR) is 94.7 cm³/mol. The van der Waals surface area contributed by atoms with E-state index in [0.717, 1.165) is 12.1 Å². The molecule has 0 saturated carbocycles. The van der Waals surface area contributed by atoms with Gasteiger partial charge in [-0.25, -0.2) is 4.79 Å². The third-order valence-corrected chi connectivity index (χ3v) is 4.52. The van der Waals surface area contributed by atoms with Gasteiger partial charge in [-0.15, -0.1) is 0 Å². The molecule has 1 aliphatic rings. The van der Waals surface area contributed by atoms with Gasteiger partial charge in [-0.3, -0.25) is 4.79 Å². The summed E-state index contributed by atoms with van der Waals surface area (Å²) in [6, 6.07) is 7.53. The standard InChI is InChI=1S/C19H15ClF3NO4/c1-27-18(26)11-6-10-7-12(28-16(10)15(20)8-11)9-24-17(25)13-4-2-3-5-14(13)19(21,22)23/h2-6,8,12H,7,9H2,1H3,(H,24,25)/t12-/m0/s1. The molecule has 0 fully saturated rings. The zero-order valence-electron chi connectivity index (χ0n) is 14.6. The lowest BCUT2D eigenvalue weighted by Crippen LogP contribution is -2.35. The average Bonchev–Trinajstić information content (AvgIpc) is 3.08. The minimum atomic E-state index is -4.63. The van der Waals surface area contributed by atoms with Gasteiger partial charge in [0, 0.05) is 12.0 Å². The van der Waals surface area contributed by atoms with Crippen LogP contribution in [0.1, 0.15) is 31.8 Å². The summed E-state index contributed by atoms with van der Waals surface area (Å²) >= 11 is 6.13. The van der Waals surface area contributed by atoms with E-state index in [2.05, 4.69) is 10.1 Å². The zero-order chi connectivity index (χ0) is 20.5. The Morgan fingerprint density at radius 3 is 2.68 bits per heavy atom. The monoisotopic (exact) mass is 413 g/mol. The molecule has 5 nitrogen and oxygen atoms in total. The van der Waals surface area contributed by atoms with E-state index in [1.54, 1.807) is 6.07 Å². The number of nitrogens with one attached hydrogen (secondary N) is 1. The number of methoxy groups -OCH3 is 1. The van der Waals surface area contributed by atoms with E-state index in [1.807, 2.05) is 0 Å². The first-order valence-corrected chi connectivity index (χ1v) is 8.60. The Morgan fingerprint density at radius 2 is 2.00 bits per heavy atom. The number of esters is 1. The van der Waals surface area contributed by atoms with Crippen molar-refractivity contribution in [1.82, 2.24) is 5.32 Å². The van der Waals surface area contributed by atoms with E-state index in [1.165, 1.54) is 25.3 Å². The Bertz CT molecular complexity index is 930. The first-order valence-electron chi connectivity index (χ1n) is 8.22. The summed E-state index contributed by atoms with van der Waals surface area (Å²) in [6.07, 6.45) is -4.82. The number of benzene rings is 2. The van der Waals surface area contributed by atoms with Crippen molar-refractivity contribution in [2.24, 2.45) is 0 Å². The van der Waals surface area contributed by atoms with E-state index in [4.69, 9.17) is 16.3 Å². The highest BCUT2D eigenvalue weighted by atomic mass is 35.5. The van der Waals surface area contributed by atoms with E-state index in [-0.39, 0.29) is 17.1 Å². The van der Waals surface area contributed by atoms with Crippen LogP contribution in [0.25, 0.3) is 0 Å². The minimum Gasteiger partial charge on any atom is -0.486 e. The van der Waals surface area contributed by atoms with Gasteiger partial charge in [0.2, 0.25) is 0 Å². The quantitative estimate of drug-likeness (QED) is 0.773. The number of carbonyl (C=O) groups excluding carboxylic acids is 2. The maximum atomic E-state index is 13.0. The second kappa shape index (κ2) is 7.71. The molecule has 1 amide bonds. The number of fused-ring (bicyclic) bond motifs is 1. The molecule has 0 spiro atoms. The predicted octanol–water partition coefficient (Wildman–Crippen LogP) is 3.88. The summed E-state index contributed by atoms with van der Waals surface area (Å²) in [5.74, 6) is -1.02. The van der Waals surface area contributed by atoms with Gasteiger partial charge in [0.1, 0.15) is 11.9 Å². The lowest BCUT2D eigenvalue weighted by Gasteiger charge is -2.15. The van der Waals surface area contributed by atoms with Crippen LogP contribution in [0.3, 0.4) is 0 Å². The normalized spacial score (nSPS) is 15.5. The Morgan fingerprint density at radius 1 is 1.29 bits per heavy atom. The maximum absolute atomic E-state index is 13.0. The molecule has 0 saturated heterocycles. The molecule has 1 atom stereocenters. The molecule has 1 heterocycles. The summed E-state index contributed by atoms with van der Waals surface area (Å²) in [6.45, 7) is -0.0242. The van der Waals surface area contributed by atoms with Crippen molar-refractivity contribution in [3.8, 4) is 5.75 Å². The van der Waals surface area contributed by atoms with Crippen molar-refractivity contribution in [2.45, 2.75) is 18.7 Å². The molecular formula is C19H15ClF3NO4. The molecule has 0 radical (unpaired) electrons. The molecule has 1 N–H and O–H groups in total. The van der Waals surface area contributed by atoms with Crippen LogP contribution in [0.15, 0.2) is 36.4 Å². The average molecular weight is 414 g/mol. The molecule has 148 valence electrons. The van der Waals surface area contributed by atoms with Crippen molar-refractivity contribution in [2.75, 3.05) is 13.7 Å². The molecule has 28 heavy (non-hydrogen) atoms. The Balaban J connectivity index is 1.69. The van der Waals surface area contributed by atoms with E-state index < -0.39 is 35.3 Å². The lowest BCUT2D eigenvalue weighted by atomic mass is 10.1. The first-order chi connectivity index (χ1) is 13.2. The van der Waals surface area contributed by atoms with Crippen LogP contribution in [-0.4, -0.2) is 31.6 Å². The van der Waals surface area contributed by atoms with Crippen molar-refractivity contribution in [3.63, 3.8) is 0 Å². The van der Waals surface area contributed by atoms with E-state index in [9.17, 15) is 22.8 Å². The summed E-state index contributed by atoms with van der Waals surface area (Å²) in [5, 5.41) is 2.67. The molecule has 3 rings (SSSR count). The summed E-state index contributed by atoms with van der Waals surface area (Å²) in [4.78, 5) is 23.9. The SMILES string of the molecule is COC(=O)c1cc(Cl)c2c(c1)C[C@@H](CNC(=O)c1ccccc1C(F)(F)F)O2. The fourth-order valence-corrected chi connectivity index (χ4v) is 3.25. The number of hydrogen-bond donors (Lipinski definition) is 1. The number of amides is 1. The van der Waals surface area contributed by atoms with Crippen molar-refractivity contribution in [3.05, 3.63) is 63.7 Å². The second-order valence-corrected chi connectivity index (χ2v) is 6.54. The number of ether oxygens (including phenoxy) is 2.